The number of hydrogen-bond donors (Lipinski definition) is 1. The normalized spacial score (nSPS) is 17.1. The van der Waals surface area contributed by atoms with Crippen LogP contribution in [0, 0.1) is 12.7 Å². The monoisotopic (exact) mass is 479 g/mol. The second-order valence-electron chi connectivity index (χ2n) is 8.90. The van der Waals surface area contributed by atoms with E-state index in [4.69, 9.17) is 0 Å². The third kappa shape index (κ3) is 3.88. The van der Waals surface area contributed by atoms with Gasteiger partial charge >= 0.3 is 0 Å². The van der Waals surface area contributed by atoms with E-state index >= 15 is 0 Å². The Kier molecular flexibility index (Phi) is 5.44. The van der Waals surface area contributed by atoms with E-state index in [1.54, 1.807) is 47.3 Å². The fourth-order valence-corrected chi connectivity index (χ4v) is 4.65. The molecule has 0 aliphatic heterocycles. The van der Waals surface area contributed by atoms with Gasteiger partial charge in [0.1, 0.15) is 22.9 Å². The lowest BCUT2D eigenvalue weighted by Gasteiger charge is -2.35. The number of aromatic nitrogens is 6. The lowest BCUT2D eigenvalue weighted by molar-refractivity contribution is 0.0908. The molecule has 178 valence electrons. The van der Waals surface area contributed by atoms with E-state index in [0.29, 0.717) is 52.5 Å². The number of carbonyl (C=O) groups is 1. The number of nitrogens with zero attached hydrogens (tertiary/aromatic N) is 6. The minimum atomic E-state index is -0.367. The molecule has 6 rings (SSSR count). The van der Waals surface area contributed by atoms with Crippen molar-refractivity contribution in [3.63, 3.8) is 0 Å². The molecule has 9 heteroatoms. The third-order valence-corrected chi connectivity index (χ3v) is 6.48. The van der Waals surface area contributed by atoms with Crippen molar-refractivity contribution < 1.29 is 9.18 Å². The Bertz CT molecular complexity index is 1590. The Morgan fingerprint density at radius 2 is 1.78 bits per heavy atom. The summed E-state index contributed by atoms with van der Waals surface area (Å²) in [6.45, 7) is 1.90. The fourth-order valence-electron chi connectivity index (χ4n) is 4.65. The Balaban J connectivity index is 1.27. The van der Waals surface area contributed by atoms with Crippen LogP contribution in [-0.4, -0.2) is 41.7 Å². The lowest BCUT2D eigenvalue weighted by atomic mass is 9.79. The van der Waals surface area contributed by atoms with E-state index in [1.165, 1.54) is 6.07 Å². The second-order valence-corrected chi connectivity index (χ2v) is 8.90. The van der Waals surface area contributed by atoms with E-state index in [0.717, 1.165) is 5.69 Å². The van der Waals surface area contributed by atoms with Gasteiger partial charge in [-0.2, -0.15) is 0 Å². The topological polar surface area (TPSA) is 98.5 Å². The molecule has 0 bridgehead atoms. The first-order valence-electron chi connectivity index (χ1n) is 11.7. The number of benzene rings is 2. The molecule has 2 aromatic carbocycles. The van der Waals surface area contributed by atoms with Crippen LogP contribution < -0.4 is 5.32 Å². The third-order valence-electron chi connectivity index (χ3n) is 6.48. The second kappa shape index (κ2) is 8.92. The average molecular weight is 480 g/mol. The van der Waals surface area contributed by atoms with Crippen LogP contribution in [0.2, 0.25) is 0 Å². The van der Waals surface area contributed by atoms with Crippen LogP contribution in [0.3, 0.4) is 0 Å². The number of pyridine rings is 1. The molecule has 36 heavy (non-hydrogen) atoms. The van der Waals surface area contributed by atoms with Crippen molar-refractivity contribution in [2.45, 2.75) is 31.7 Å². The lowest BCUT2D eigenvalue weighted by Crippen LogP contribution is -2.44. The van der Waals surface area contributed by atoms with Crippen molar-refractivity contribution in [3.8, 4) is 17.2 Å². The summed E-state index contributed by atoms with van der Waals surface area (Å²) in [7, 11) is 0. The molecule has 1 amide bonds. The van der Waals surface area contributed by atoms with Gasteiger partial charge in [0.05, 0.1) is 16.8 Å². The van der Waals surface area contributed by atoms with Crippen molar-refractivity contribution in [3.05, 3.63) is 96.0 Å². The first-order chi connectivity index (χ1) is 17.6. The Hall–Kier alpha value is -4.53. The molecular formula is C27H22FN7O. The maximum Gasteiger partial charge on any atom is 0.253 e. The Morgan fingerprint density at radius 3 is 2.61 bits per heavy atom. The predicted octanol–water partition coefficient (Wildman–Crippen LogP) is 4.40. The van der Waals surface area contributed by atoms with Gasteiger partial charge in [-0.25, -0.2) is 9.37 Å². The summed E-state index contributed by atoms with van der Waals surface area (Å²) < 4.78 is 16.6. The van der Waals surface area contributed by atoms with Gasteiger partial charge in [0.25, 0.3) is 5.91 Å². The quantitative estimate of drug-likeness (QED) is 0.401. The van der Waals surface area contributed by atoms with Crippen LogP contribution in [0.5, 0.6) is 0 Å². The number of hydrogen-bond acceptors (Lipinski definition) is 6. The number of carbonyl (C=O) groups excluding carboxylic acids is 1. The zero-order valence-electron chi connectivity index (χ0n) is 19.5. The Labute approximate surface area is 206 Å². The number of nitrogens with one attached hydrogen (secondary N) is 1. The van der Waals surface area contributed by atoms with Crippen LogP contribution >= 0.6 is 0 Å². The molecule has 1 aliphatic carbocycles. The van der Waals surface area contributed by atoms with Gasteiger partial charge in [0.15, 0.2) is 5.82 Å². The van der Waals surface area contributed by atoms with Crippen LogP contribution in [0.4, 0.5) is 4.39 Å². The molecule has 8 nitrogen and oxygen atoms in total. The maximum atomic E-state index is 14.9. The zero-order valence-corrected chi connectivity index (χ0v) is 19.5. The number of para-hydroxylation sites is 2. The Morgan fingerprint density at radius 1 is 0.972 bits per heavy atom. The van der Waals surface area contributed by atoms with Gasteiger partial charge in [0.2, 0.25) is 0 Å². The molecule has 0 atom stereocenters. The van der Waals surface area contributed by atoms with Crippen LogP contribution in [0.25, 0.3) is 28.2 Å². The minimum Gasteiger partial charge on any atom is -0.349 e. The molecule has 1 fully saturated rings. The fraction of sp³-hybridized carbons (Fsp3) is 0.185. The van der Waals surface area contributed by atoms with Crippen molar-refractivity contribution >= 4 is 16.9 Å². The van der Waals surface area contributed by atoms with Crippen LogP contribution in [0.1, 0.15) is 40.6 Å². The molecule has 3 aromatic heterocycles. The molecular weight excluding hydrogens is 457 g/mol. The number of rotatable bonds is 5. The molecule has 0 radical (unpaired) electrons. The molecule has 0 unspecified atom stereocenters. The first-order valence-corrected chi connectivity index (χ1v) is 11.7. The molecule has 0 saturated heterocycles. The summed E-state index contributed by atoms with van der Waals surface area (Å²) in [5.74, 6) is 0.590. The van der Waals surface area contributed by atoms with Crippen molar-refractivity contribution in [2.24, 2.45) is 0 Å². The molecule has 1 saturated carbocycles. The van der Waals surface area contributed by atoms with Crippen molar-refractivity contribution in [1.82, 2.24) is 35.0 Å². The first kappa shape index (κ1) is 22.0. The van der Waals surface area contributed by atoms with Gasteiger partial charge in [-0.15, -0.1) is 10.2 Å². The van der Waals surface area contributed by atoms with Gasteiger partial charge in [-0.1, -0.05) is 24.3 Å². The summed E-state index contributed by atoms with van der Waals surface area (Å²) in [5.41, 5.74) is 3.57. The van der Waals surface area contributed by atoms with E-state index in [2.05, 4.69) is 30.5 Å². The number of fused-ring (bicyclic) bond motifs is 1. The highest BCUT2D eigenvalue weighted by atomic mass is 19.1. The van der Waals surface area contributed by atoms with Crippen molar-refractivity contribution in [1.29, 1.82) is 0 Å². The molecule has 1 N–H and O–H groups in total. The minimum absolute atomic E-state index is 0.00766. The largest absolute Gasteiger partial charge is 0.349 e. The van der Waals surface area contributed by atoms with Crippen LogP contribution in [-0.2, 0) is 0 Å². The van der Waals surface area contributed by atoms with E-state index < -0.39 is 0 Å². The van der Waals surface area contributed by atoms with Gasteiger partial charge in [-0.05, 0) is 56.2 Å². The van der Waals surface area contributed by atoms with E-state index in [-0.39, 0.29) is 23.7 Å². The van der Waals surface area contributed by atoms with Gasteiger partial charge in [0, 0.05) is 30.0 Å². The number of halogens is 1. The average Bonchev–Trinajstić information content (AvgIpc) is 3.30. The summed E-state index contributed by atoms with van der Waals surface area (Å²) in [5, 5.41) is 11.9. The highest BCUT2D eigenvalue weighted by Crippen LogP contribution is 2.39. The number of aryl methyl sites for hydroxylation is 1. The highest BCUT2D eigenvalue weighted by Gasteiger charge is 2.36. The highest BCUT2D eigenvalue weighted by molar-refractivity contribution is 6.04. The van der Waals surface area contributed by atoms with Gasteiger partial charge < -0.3 is 5.32 Å². The van der Waals surface area contributed by atoms with E-state index in [1.807, 2.05) is 31.2 Å². The zero-order chi connectivity index (χ0) is 24.6. The summed E-state index contributed by atoms with van der Waals surface area (Å²) in [6, 6.07) is 17.5. The molecule has 5 aromatic rings. The summed E-state index contributed by atoms with van der Waals surface area (Å²) in [6.07, 6.45) is 4.51. The van der Waals surface area contributed by atoms with Crippen molar-refractivity contribution in [2.75, 3.05) is 0 Å². The summed E-state index contributed by atoms with van der Waals surface area (Å²) >= 11 is 0. The maximum absolute atomic E-state index is 14.9. The molecule has 0 spiro atoms. The summed E-state index contributed by atoms with van der Waals surface area (Å²) in [4.78, 5) is 26.2. The SMILES string of the molecule is Cc1cccc(-c2nnc([C@H]3C[C@H](NC(=O)c4cccc5nccnc45)C3)n2-c2ccccc2F)n1. The van der Waals surface area contributed by atoms with Crippen LogP contribution in [0.15, 0.2) is 73.1 Å². The predicted molar refractivity (Wildman–Crippen MR) is 132 cm³/mol. The smallest absolute Gasteiger partial charge is 0.253 e. The molecule has 3 heterocycles. The number of amides is 1. The standard InChI is InChI=1S/C27H22FN7O/c1-16-6-4-10-22(31-16)26-34-33-25(35(26)23-11-3-2-8-20(23)28)17-14-18(15-17)32-27(36)19-7-5-9-21-24(19)30-13-12-29-21/h2-13,17-18H,14-15H2,1H3,(H,32,36)/t17-,18-. The van der Waals surface area contributed by atoms with Gasteiger partial charge in [-0.3, -0.25) is 19.3 Å². The molecule has 1 aliphatic rings. The van der Waals surface area contributed by atoms with E-state index in [9.17, 15) is 9.18 Å².